The summed E-state index contributed by atoms with van der Waals surface area (Å²) < 4.78 is 0. The molecule has 2 heteroatoms. The highest BCUT2D eigenvalue weighted by Crippen LogP contribution is 2.40. The van der Waals surface area contributed by atoms with Gasteiger partial charge < -0.3 is 0 Å². The van der Waals surface area contributed by atoms with E-state index in [1.54, 1.807) is 0 Å². The highest BCUT2D eigenvalue weighted by Gasteiger charge is 2.22. The minimum absolute atomic E-state index is 0.0947. The molecule has 9 aromatic rings. The van der Waals surface area contributed by atoms with Gasteiger partial charge in [0.05, 0.1) is 22.8 Å². The number of allylic oxidation sites excluding steroid dienone is 3. The van der Waals surface area contributed by atoms with Gasteiger partial charge in [-0.3, -0.25) is 4.99 Å². The average Bonchev–Trinajstić information content (AvgIpc) is 3.41. The van der Waals surface area contributed by atoms with Crippen molar-refractivity contribution in [2.75, 3.05) is 0 Å². The molecule has 8 aromatic carbocycles. The predicted molar refractivity (Wildman–Crippen MR) is 227 cm³/mol. The molecule has 0 radical (unpaired) electrons. The maximum Gasteiger partial charge on any atom is 0.0802 e. The van der Waals surface area contributed by atoms with Crippen LogP contribution in [0.4, 0.5) is 0 Å². The van der Waals surface area contributed by atoms with Gasteiger partial charge in [0.25, 0.3) is 0 Å². The molecule has 252 valence electrons. The number of benzene rings is 8. The van der Waals surface area contributed by atoms with E-state index < -0.39 is 0 Å². The number of fused-ring (bicyclic) bond motifs is 9. The summed E-state index contributed by atoms with van der Waals surface area (Å²) in [5.74, 6) is 0. The average molecular weight is 687 g/mol. The van der Waals surface area contributed by atoms with Gasteiger partial charge in [-0.05, 0) is 108 Å². The molecule has 0 amide bonds. The van der Waals surface area contributed by atoms with E-state index in [0.717, 1.165) is 45.4 Å². The van der Waals surface area contributed by atoms with Crippen molar-refractivity contribution in [2.24, 2.45) is 4.99 Å². The Bertz CT molecular complexity index is 3050. The lowest BCUT2D eigenvalue weighted by Crippen LogP contribution is -2.33. The van der Waals surface area contributed by atoms with Gasteiger partial charge >= 0.3 is 0 Å². The Kier molecular flexibility index (Phi) is 7.03. The van der Waals surface area contributed by atoms with Gasteiger partial charge in [-0.1, -0.05) is 158 Å². The van der Waals surface area contributed by atoms with Gasteiger partial charge in [0.15, 0.2) is 0 Å². The summed E-state index contributed by atoms with van der Waals surface area (Å²) >= 11 is 0. The van der Waals surface area contributed by atoms with Crippen molar-refractivity contribution >= 4 is 54.2 Å². The molecule has 2 aliphatic rings. The summed E-state index contributed by atoms with van der Waals surface area (Å²) in [5, 5.41) is 12.1. The molecule has 1 aromatic heterocycles. The lowest BCUT2D eigenvalue weighted by molar-refractivity contribution is 0.816. The fourth-order valence-electron chi connectivity index (χ4n) is 8.76. The van der Waals surface area contributed by atoms with E-state index in [1.165, 1.54) is 65.0 Å². The van der Waals surface area contributed by atoms with Crippen molar-refractivity contribution in [2.45, 2.75) is 12.5 Å². The number of hydrogen-bond donors (Lipinski definition) is 0. The first kappa shape index (κ1) is 30.7. The van der Waals surface area contributed by atoms with Crippen LogP contribution in [0.15, 0.2) is 193 Å². The number of hydrogen-bond acceptors (Lipinski definition) is 2. The van der Waals surface area contributed by atoms with Crippen molar-refractivity contribution in [3.8, 4) is 33.6 Å². The highest BCUT2D eigenvalue weighted by molar-refractivity contribution is 6.15. The number of pyridine rings is 1. The summed E-state index contributed by atoms with van der Waals surface area (Å²) in [4.78, 5) is 10.7. The van der Waals surface area contributed by atoms with Crippen LogP contribution in [0.25, 0.3) is 87.9 Å². The van der Waals surface area contributed by atoms with E-state index in [2.05, 4.69) is 188 Å². The van der Waals surface area contributed by atoms with Gasteiger partial charge in [0.2, 0.25) is 0 Å². The highest BCUT2D eigenvalue weighted by atomic mass is 14.8. The second kappa shape index (κ2) is 12.4. The first-order valence-electron chi connectivity index (χ1n) is 18.7. The zero-order chi connectivity index (χ0) is 35.6. The SMILES string of the molecule is C1=CC2=c3ccccc3=NC(C2)C(c2ccc(-c3cc(-c4cc5ccccc5c5ccccc45)nc(-c4cc5ccccc5c5ccccc45)c3)cc2)=C1. The fraction of sp³-hybridized carbons (Fsp3) is 0.0385. The molecular weight excluding hydrogens is 653 g/mol. The molecule has 1 atom stereocenters. The molecular formula is C52H34N2. The van der Waals surface area contributed by atoms with Crippen LogP contribution >= 0.6 is 0 Å². The third-order valence-corrected chi connectivity index (χ3v) is 11.4. The number of aromatic nitrogens is 1. The van der Waals surface area contributed by atoms with Crippen LogP contribution < -0.4 is 10.6 Å². The number of nitrogens with zero attached hydrogens (tertiary/aromatic N) is 2. The van der Waals surface area contributed by atoms with Gasteiger partial charge in [-0.25, -0.2) is 4.98 Å². The molecule has 1 unspecified atom stereocenters. The lowest BCUT2D eigenvalue weighted by Gasteiger charge is -2.20. The molecule has 2 heterocycles. The maximum atomic E-state index is 5.54. The van der Waals surface area contributed by atoms with Gasteiger partial charge in [0.1, 0.15) is 0 Å². The second-order valence-corrected chi connectivity index (χ2v) is 14.5. The molecule has 2 bridgehead atoms. The summed E-state index contributed by atoms with van der Waals surface area (Å²) in [6.45, 7) is 0. The lowest BCUT2D eigenvalue weighted by atomic mass is 9.90. The second-order valence-electron chi connectivity index (χ2n) is 14.5. The van der Waals surface area contributed by atoms with Gasteiger partial charge in [-0.15, -0.1) is 0 Å². The molecule has 0 spiro atoms. The van der Waals surface area contributed by atoms with Crippen LogP contribution in [-0.2, 0) is 0 Å². The number of para-hydroxylation sites is 1. The van der Waals surface area contributed by atoms with Crippen molar-refractivity contribution in [3.05, 3.63) is 204 Å². The van der Waals surface area contributed by atoms with E-state index in [9.17, 15) is 0 Å². The predicted octanol–water partition coefficient (Wildman–Crippen LogP) is 11.9. The van der Waals surface area contributed by atoms with Crippen LogP contribution in [0.2, 0.25) is 0 Å². The van der Waals surface area contributed by atoms with E-state index >= 15 is 0 Å². The van der Waals surface area contributed by atoms with E-state index in [0.29, 0.717) is 0 Å². The molecule has 0 saturated carbocycles. The summed E-state index contributed by atoms with van der Waals surface area (Å²) in [6, 6.07) is 61.7. The summed E-state index contributed by atoms with van der Waals surface area (Å²) in [5.41, 5.74) is 10.3. The van der Waals surface area contributed by atoms with Crippen molar-refractivity contribution in [1.82, 2.24) is 4.98 Å². The maximum absolute atomic E-state index is 5.54. The van der Waals surface area contributed by atoms with Crippen molar-refractivity contribution in [3.63, 3.8) is 0 Å². The molecule has 0 N–H and O–H groups in total. The van der Waals surface area contributed by atoms with Crippen LogP contribution in [0, 0.1) is 0 Å². The van der Waals surface area contributed by atoms with Crippen LogP contribution in [0.1, 0.15) is 12.0 Å². The zero-order valence-corrected chi connectivity index (χ0v) is 29.6. The van der Waals surface area contributed by atoms with Gasteiger partial charge in [0, 0.05) is 16.3 Å². The molecule has 0 saturated heterocycles. The zero-order valence-electron chi connectivity index (χ0n) is 29.6. The smallest absolute Gasteiger partial charge is 0.0802 e. The molecule has 1 aliphatic heterocycles. The number of rotatable bonds is 4. The molecule has 54 heavy (non-hydrogen) atoms. The van der Waals surface area contributed by atoms with Crippen molar-refractivity contribution in [1.29, 1.82) is 0 Å². The third kappa shape index (κ3) is 5.03. The minimum Gasteiger partial charge on any atom is -0.276 e. The minimum atomic E-state index is 0.0947. The topological polar surface area (TPSA) is 25.2 Å². The van der Waals surface area contributed by atoms with E-state index in [1.807, 2.05) is 0 Å². The first-order valence-corrected chi connectivity index (χ1v) is 18.7. The Morgan fingerprint density at radius 1 is 0.444 bits per heavy atom. The van der Waals surface area contributed by atoms with Gasteiger partial charge in [-0.2, -0.15) is 0 Å². The fourth-order valence-corrected chi connectivity index (χ4v) is 8.76. The van der Waals surface area contributed by atoms with E-state index in [4.69, 9.17) is 9.98 Å². The monoisotopic (exact) mass is 686 g/mol. The normalized spacial score (nSPS) is 14.9. The Morgan fingerprint density at radius 3 is 1.59 bits per heavy atom. The standard InChI is InChI=1S/C52H34N2/c1-3-15-39-35(12-1)28-47(45-20-7-5-18-43(39)45)51-31-38(32-52(54-51)48-29-36-13-2-4-16-40(36)44-19-6-8-21-46(44)48)33-24-26-34(27-25-33)41-22-11-14-37-30-50(41)53-49-23-10-9-17-42(37)49/h1-29,31-32,50H,30H2. The van der Waals surface area contributed by atoms with Crippen LogP contribution in [0.3, 0.4) is 0 Å². The quantitative estimate of drug-likeness (QED) is 0.169. The van der Waals surface area contributed by atoms with Crippen LogP contribution in [-0.4, -0.2) is 11.0 Å². The van der Waals surface area contributed by atoms with Crippen molar-refractivity contribution < 1.29 is 0 Å². The Hall–Kier alpha value is -6.90. The molecule has 11 rings (SSSR count). The molecule has 0 fully saturated rings. The molecule has 1 aliphatic carbocycles. The Labute approximate surface area is 313 Å². The van der Waals surface area contributed by atoms with Crippen LogP contribution in [0.5, 0.6) is 0 Å². The Balaban J connectivity index is 1.10. The van der Waals surface area contributed by atoms with E-state index in [-0.39, 0.29) is 6.04 Å². The third-order valence-electron chi connectivity index (χ3n) is 11.4. The molecule has 2 nitrogen and oxygen atoms in total. The Morgan fingerprint density at radius 2 is 0.963 bits per heavy atom. The first-order chi connectivity index (χ1) is 26.7. The largest absolute Gasteiger partial charge is 0.276 e. The summed E-state index contributed by atoms with van der Waals surface area (Å²) in [7, 11) is 0. The summed E-state index contributed by atoms with van der Waals surface area (Å²) in [6.07, 6.45) is 7.62.